The van der Waals surface area contributed by atoms with E-state index in [1.165, 1.54) is 0 Å². The van der Waals surface area contributed by atoms with Crippen LogP contribution >= 0.6 is 23.2 Å². The van der Waals surface area contributed by atoms with E-state index in [-0.39, 0.29) is 50.7 Å². The Balaban J connectivity index is 1.54. The molecule has 2 aliphatic carbocycles. The number of Topliss-reactive ketones (excluding diaryl/α,β-unsaturated/α-hetero) is 2. The lowest BCUT2D eigenvalue weighted by molar-refractivity contribution is -0.120. The molecular formula is C35H40Cl2N2O4. The lowest BCUT2D eigenvalue weighted by Crippen LogP contribution is -2.44. The molecule has 0 saturated carbocycles. The SMILES string of the molecule is CCCN1C2=C(C(=O)CC(C)(C)C2)C(c2cc(Cl)c(OCC(=O)Nc3ccccc3C)c(Cl)c2)C2=C1CC(C)(C)CC2=O. The molecule has 1 N–H and O–H groups in total. The smallest absolute Gasteiger partial charge is 0.262 e. The number of benzene rings is 2. The molecule has 1 amide bonds. The third-order valence-corrected chi connectivity index (χ3v) is 9.15. The average molecular weight is 624 g/mol. The molecular weight excluding hydrogens is 583 g/mol. The molecule has 2 aromatic rings. The van der Waals surface area contributed by atoms with Crippen molar-refractivity contribution in [2.75, 3.05) is 18.5 Å². The average Bonchev–Trinajstić information content (AvgIpc) is 2.89. The maximum absolute atomic E-state index is 13.9. The van der Waals surface area contributed by atoms with Gasteiger partial charge in [-0.15, -0.1) is 0 Å². The van der Waals surface area contributed by atoms with Crippen LogP contribution in [0.5, 0.6) is 5.75 Å². The van der Waals surface area contributed by atoms with Gasteiger partial charge in [-0.05, 0) is 66.3 Å². The van der Waals surface area contributed by atoms with Gasteiger partial charge in [0, 0.05) is 53.5 Å². The molecule has 6 nitrogen and oxygen atoms in total. The molecule has 0 fully saturated rings. The summed E-state index contributed by atoms with van der Waals surface area (Å²) in [5.74, 6) is -0.599. The van der Waals surface area contributed by atoms with Crippen molar-refractivity contribution in [1.82, 2.24) is 4.90 Å². The van der Waals surface area contributed by atoms with Gasteiger partial charge in [-0.3, -0.25) is 14.4 Å². The van der Waals surface area contributed by atoms with Gasteiger partial charge >= 0.3 is 0 Å². The molecule has 2 aromatic carbocycles. The second-order valence-corrected chi connectivity index (χ2v) is 14.5. The lowest BCUT2D eigenvalue weighted by atomic mass is 9.63. The fraction of sp³-hybridized carbons (Fsp3) is 0.457. The number of aryl methyl sites for hydroxylation is 1. The summed E-state index contributed by atoms with van der Waals surface area (Å²) in [5.41, 5.74) is 5.32. The number of carbonyl (C=O) groups excluding carboxylic acids is 3. The van der Waals surface area contributed by atoms with E-state index in [0.29, 0.717) is 35.2 Å². The summed E-state index contributed by atoms with van der Waals surface area (Å²) in [6.45, 7) is 13.0. The van der Waals surface area contributed by atoms with Crippen molar-refractivity contribution in [1.29, 1.82) is 0 Å². The number of anilines is 1. The van der Waals surface area contributed by atoms with Gasteiger partial charge < -0.3 is 15.0 Å². The maximum Gasteiger partial charge on any atom is 0.262 e. The molecule has 3 aliphatic rings. The van der Waals surface area contributed by atoms with E-state index < -0.39 is 5.92 Å². The van der Waals surface area contributed by atoms with Gasteiger partial charge in [0.2, 0.25) is 0 Å². The Kier molecular flexibility index (Phi) is 8.58. The Labute approximate surface area is 264 Å². The van der Waals surface area contributed by atoms with Crippen LogP contribution in [0, 0.1) is 17.8 Å². The number of halogens is 2. The molecule has 0 unspecified atom stereocenters. The maximum atomic E-state index is 13.9. The molecule has 0 atom stereocenters. The first-order valence-corrected chi connectivity index (χ1v) is 15.7. The Morgan fingerprint density at radius 1 is 0.930 bits per heavy atom. The van der Waals surface area contributed by atoms with Gasteiger partial charge in [-0.1, -0.05) is 76.0 Å². The van der Waals surface area contributed by atoms with Gasteiger partial charge in [-0.2, -0.15) is 0 Å². The van der Waals surface area contributed by atoms with Crippen molar-refractivity contribution in [3.8, 4) is 5.75 Å². The highest BCUT2D eigenvalue weighted by atomic mass is 35.5. The first-order valence-electron chi connectivity index (χ1n) is 15.0. The van der Waals surface area contributed by atoms with Crippen LogP contribution < -0.4 is 10.1 Å². The number of hydrogen-bond acceptors (Lipinski definition) is 5. The third-order valence-electron chi connectivity index (χ3n) is 8.59. The topological polar surface area (TPSA) is 75.7 Å². The van der Waals surface area contributed by atoms with Gasteiger partial charge in [-0.25, -0.2) is 0 Å². The summed E-state index contributed by atoms with van der Waals surface area (Å²) in [6, 6.07) is 10.9. The van der Waals surface area contributed by atoms with Crippen molar-refractivity contribution < 1.29 is 19.1 Å². The van der Waals surface area contributed by atoms with E-state index >= 15 is 0 Å². The summed E-state index contributed by atoms with van der Waals surface area (Å²) in [7, 11) is 0. The van der Waals surface area contributed by atoms with E-state index in [2.05, 4.69) is 44.8 Å². The van der Waals surface area contributed by atoms with Crippen LogP contribution in [0.4, 0.5) is 5.69 Å². The Bertz CT molecular complexity index is 1490. The zero-order valence-electron chi connectivity index (χ0n) is 25.8. The molecule has 0 spiro atoms. The summed E-state index contributed by atoms with van der Waals surface area (Å²) in [4.78, 5) is 42.7. The number of nitrogens with zero attached hydrogens (tertiary/aromatic N) is 1. The molecule has 228 valence electrons. The normalized spacial score (nSPS) is 19.8. The van der Waals surface area contributed by atoms with Crippen molar-refractivity contribution >= 4 is 46.4 Å². The van der Waals surface area contributed by atoms with Crippen molar-refractivity contribution in [2.45, 2.75) is 79.6 Å². The van der Waals surface area contributed by atoms with E-state index in [9.17, 15) is 14.4 Å². The van der Waals surface area contributed by atoms with Crippen LogP contribution in [0.1, 0.15) is 83.8 Å². The summed E-state index contributed by atoms with van der Waals surface area (Å²) in [6.07, 6.45) is 3.19. The number of carbonyl (C=O) groups is 3. The highest BCUT2D eigenvalue weighted by Gasteiger charge is 2.49. The van der Waals surface area contributed by atoms with Crippen molar-refractivity contribution in [3.63, 3.8) is 0 Å². The van der Waals surface area contributed by atoms with E-state index in [1.54, 1.807) is 12.1 Å². The van der Waals surface area contributed by atoms with E-state index in [0.717, 1.165) is 42.8 Å². The van der Waals surface area contributed by atoms with Gasteiger partial charge in [0.05, 0.1) is 10.0 Å². The number of hydrogen-bond donors (Lipinski definition) is 1. The fourth-order valence-electron chi connectivity index (χ4n) is 6.80. The Hall–Kier alpha value is -3.09. The standard InChI is InChI=1S/C35H40Cl2N2O4/c1-7-12-39-25-15-34(3,4)17-27(40)31(25)30(32-26(39)16-35(5,6)18-28(32)41)21-13-22(36)33(23(37)14-21)43-19-29(42)38-24-11-9-8-10-20(24)2/h8-11,13-14,30H,7,12,15-19H2,1-6H3,(H,38,42). The number of para-hydroxylation sites is 1. The fourth-order valence-corrected chi connectivity index (χ4v) is 7.41. The highest BCUT2D eigenvalue weighted by molar-refractivity contribution is 6.37. The number of amides is 1. The van der Waals surface area contributed by atoms with Crippen molar-refractivity contribution in [3.05, 3.63) is 80.1 Å². The number of nitrogens with one attached hydrogen (secondary N) is 1. The lowest BCUT2D eigenvalue weighted by Gasteiger charge is -2.49. The monoisotopic (exact) mass is 622 g/mol. The van der Waals surface area contributed by atoms with Crippen LogP contribution in [0.3, 0.4) is 0 Å². The van der Waals surface area contributed by atoms with Crippen LogP contribution in [-0.2, 0) is 14.4 Å². The number of ether oxygens (including phenoxy) is 1. The number of allylic oxidation sites excluding steroid dienone is 4. The van der Waals surface area contributed by atoms with Crippen LogP contribution in [0.2, 0.25) is 10.0 Å². The summed E-state index contributed by atoms with van der Waals surface area (Å²) >= 11 is 13.5. The first kappa shape index (κ1) is 31.3. The van der Waals surface area contributed by atoms with E-state index in [1.807, 2.05) is 31.2 Å². The minimum absolute atomic E-state index is 0.0574. The predicted octanol–water partition coefficient (Wildman–Crippen LogP) is 8.41. The zero-order valence-corrected chi connectivity index (χ0v) is 27.3. The zero-order chi connectivity index (χ0) is 31.3. The predicted molar refractivity (Wildman–Crippen MR) is 172 cm³/mol. The minimum Gasteiger partial charge on any atom is -0.481 e. The molecule has 1 aliphatic heterocycles. The minimum atomic E-state index is -0.557. The molecule has 8 heteroatoms. The number of ketones is 2. The molecule has 0 saturated heterocycles. The number of rotatable bonds is 7. The van der Waals surface area contributed by atoms with Gasteiger partial charge in [0.1, 0.15) is 0 Å². The molecule has 0 radical (unpaired) electrons. The van der Waals surface area contributed by atoms with Crippen LogP contribution in [-0.4, -0.2) is 35.5 Å². The molecule has 0 aromatic heterocycles. The van der Waals surface area contributed by atoms with E-state index in [4.69, 9.17) is 27.9 Å². The largest absolute Gasteiger partial charge is 0.481 e. The van der Waals surface area contributed by atoms with Crippen LogP contribution in [0.15, 0.2) is 58.9 Å². The summed E-state index contributed by atoms with van der Waals surface area (Å²) in [5, 5.41) is 3.28. The Morgan fingerprint density at radius 2 is 1.47 bits per heavy atom. The molecule has 0 bridgehead atoms. The van der Waals surface area contributed by atoms with Gasteiger partial charge in [0.15, 0.2) is 23.9 Å². The third kappa shape index (κ3) is 6.28. The van der Waals surface area contributed by atoms with Crippen molar-refractivity contribution in [2.24, 2.45) is 10.8 Å². The molecule has 43 heavy (non-hydrogen) atoms. The first-order chi connectivity index (χ1) is 20.2. The highest BCUT2D eigenvalue weighted by Crippen LogP contribution is 2.55. The quantitative estimate of drug-likeness (QED) is 0.335. The molecule has 5 rings (SSSR count). The molecule has 1 heterocycles. The van der Waals surface area contributed by atoms with Gasteiger partial charge in [0.25, 0.3) is 5.91 Å². The summed E-state index contributed by atoms with van der Waals surface area (Å²) < 4.78 is 5.80. The van der Waals surface area contributed by atoms with Crippen LogP contribution in [0.25, 0.3) is 0 Å². The Morgan fingerprint density at radius 3 is 1.98 bits per heavy atom. The second kappa shape index (κ2) is 11.8. The second-order valence-electron chi connectivity index (χ2n) is 13.7.